The fraction of sp³-hybridized carbons (Fsp3) is 0.161. The Hall–Kier alpha value is -3.45. The lowest BCUT2D eigenvalue weighted by Gasteiger charge is -2.26. The third-order valence-electron chi connectivity index (χ3n) is 6.57. The molecule has 0 spiro atoms. The summed E-state index contributed by atoms with van der Waals surface area (Å²) in [6, 6.07) is 16.8. The molecule has 0 bridgehead atoms. The maximum absolute atomic E-state index is 14.4. The van der Waals surface area contributed by atoms with E-state index in [2.05, 4.69) is 49.6 Å². The molecule has 0 fully saturated rings. The van der Waals surface area contributed by atoms with Crippen LogP contribution in [0.3, 0.4) is 0 Å². The van der Waals surface area contributed by atoms with Gasteiger partial charge >= 0.3 is 12.1 Å². The lowest BCUT2D eigenvalue weighted by atomic mass is 9.95. The molecule has 2 heterocycles. The number of alkyl halides is 3. The zero-order valence-electron chi connectivity index (χ0n) is 23.0. The van der Waals surface area contributed by atoms with E-state index in [1.54, 1.807) is 30.3 Å². The Morgan fingerprint density at radius 2 is 1.89 bits per heavy atom. The van der Waals surface area contributed by atoms with Gasteiger partial charge in [-0.1, -0.05) is 63.1 Å². The van der Waals surface area contributed by atoms with Gasteiger partial charge in [-0.15, -0.1) is 0 Å². The fourth-order valence-corrected chi connectivity index (χ4v) is 7.44. The summed E-state index contributed by atoms with van der Waals surface area (Å²) in [6.45, 7) is 1.44. The highest BCUT2D eigenvalue weighted by molar-refractivity contribution is 14.1. The maximum atomic E-state index is 14.4. The number of halogens is 6. The van der Waals surface area contributed by atoms with Gasteiger partial charge in [0, 0.05) is 15.1 Å². The summed E-state index contributed by atoms with van der Waals surface area (Å²) in [5, 5.41) is 9.38. The maximum Gasteiger partial charge on any atom is 0.434 e. The molecule has 0 aliphatic carbocycles. The third-order valence-corrected chi connectivity index (χ3v) is 9.06. The van der Waals surface area contributed by atoms with E-state index in [9.17, 15) is 22.8 Å². The molecule has 7 nitrogen and oxygen atoms in total. The van der Waals surface area contributed by atoms with E-state index < -0.39 is 35.0 Å². The fourth-order valence-electron chi connectivity index (χ4n) is 4.61. The normalized spacial score (nSPS) is 14.9. The number of allylic oxidation sites excluding steroid dienone is 1. The summed E-state index contributed by atoms with van der Waals surface area (Å²) in [6.07, 6.45) is -3.50. The summed E-state index contributed by atoms with van der Waals surface area (Å²) in [4.78, 5) is 30.6. The number of benzene rings is 3. The van der Waals surface area contributed by atoms with Crippen LogP contribution in [0.1, 0.15) is 35.2 Å². The number of carbonyl (C=O) groups excluding carboxylic acids is 1. The van der Waals surface area contributed by atoms with Crippen molar-refractivity contribution in [3.05, 3.63) is 127 Å². The predicted molar refractivity (Wildman–Crippen MR) is 175 cm³/mol. The molecule has 1 atom stereocenters. The number of aromatic nitrogens is 1. The molecule has 5 rings (SSSR count). The highest BCUT2D eigenvalue weighted by Gasteiger charge is 2.45. The molecule has 4 aromatic rings. The lowest BCUT2D eigenvalue weighted by Crippen LogP contribution is -2.41. The Morgan fingerprint density at radius 1 is 1.20 bits per heavy atom. The van der Waals surface area contributed by atoms with Gasteiger partial charge in [-0.3, -0.25) is 9.36 Å². The Balaban J connectivity index is 1.69. The quantitative estimate of drug-likeness (QED) is 0.151. The van der Waals surface area contributed by atoms with Crippen molar-refractivity contribution in [3.8, 4) is 11.8 Å². The van der Waals surface area contributed by atoms with Gasteiger partial charge in [0.2, 0.25) is 0 Å². The first kappa shape index (κ1) is 32.9. The number of esters is 1. The van der Waals surface area contributed by atoms with Crippen LogP contribution in [0.15, 0.2) is 86.2 Å². The van der Waals surface area contributed by atoms with E-state index in [-0.39, 0.29) is 28.1 Å². The first-order valence-corrected chi connectivity index (χ1v) is 16.1. The molecule has 230 valence electrons. The van der Waals surface area contributed by atoms with Crippen molar-refractivity contribution in [2.75, 3.05) is 6.61 Å². The van der Waals surface area contributed by atoms with E-state index in [4.69, 9.17) is 26.3 Å². The Labute approximate surface area is 285 Å². The standard InChI is InChI=1S/C31H19BrClF3IN3O4S/c1-2-43-29(42)24-25(18-7-9-21(33)10-8-18)40-28(41)23(45-30(40)39-27(24)31(34,35)36)12-19-11-20(32)13-22(37)26(19)44-15-17-5-3-16(14-38)4-6-17/h3-13,25H,2,15H2,1H3/b23-12-/t25-/m0/s1. The number of ether oxygens (including phenoxy) is 2. The topological polar surface area (TPSA) is 93.7 Å². The second-order valence-electron chi connectivity index (χ2n) is 9.52. The van der Waals surface area contributed by atoms with Gasteiger partial charge in [0.05, 0.1) is 38.0 Å². The summed E-state index contributed by atoms with van der Waals surface area (Å²) < 4.78 is 56.9. The highest BCUT2D eigenvalue weighted by Crippen LogP contribution is 2.38. The van der Waals surface area contributed by atoms with Crippen LogP contribution < -0.4 is 19.6 Å². The van der Waals surface area contributed by atoms with Crippen molar-refractivity contribution in [2.45, 2.75) is 25.7 Å². The minimum atomic E-state index is -5.02. The smallest absolute Gasteiger partial charge is 0.434 e. The number of nitrogens with zero attached hydrogens (tertiary/aromatic N) is 3. The van der Waals surface area contributed by atoms with Crippen LogP contribution in [0, 0.1) is 14.9 Å². The Bertz CT molecular complexity index is 2050. The molecule has 3 aromatic carbocycles. The summed E-state index contributed by atoms with van der Waals surface area (Å²) >= 11 is 12.3. The average molecular weight is 829 g/mol. The van der Waals surface area contributed by atoms with E-state index in [0.29, 0.717) is 29.9 Å². The molecule has 0 amide bonds. The SMILES string of the molecule is CCOC(=O)C1=C(C(F)(F)F)N=c2s/c(=C\c3cc(Br)cc(I)c3OCc3ccc(C#N)cc3)c(=O)n2[C@H]1c1ccc(Cl)cc1. The molecule has 45 heavy (non-hydrogen) atoms. The van der Waals surface area contributed by atoms with Gasteiger partial charge in [-0.25, -0.2) is 9.79 Å². The Kier molecular flexibility index (Phi) is 9.88. The average Bonchev–Trinajstić information content (AvgIpc) is 3.30. The van der Waals surface area contributed by atoms with Crippen LogP contribution in [-0.4, -0.2) is 23.3 Å². The van der Waals surface area contributed by atoms with Crippen LogP contribution in [-0.2, 0) is 16.1 Å². The minimum Gasteiger partial charge on any atom is -0.487 e. The van der Waals surface area contributed by atoms with E-state index >= 15 is 0 Å². The van der Waals surface area contributed by atoms with E-state index in [1.165, 1.54) is 37.3 Å². The molecule has 1 aromatic heterocycles. The van der Waals surface area contributed by atoms with Gasteiger partial charge in [0.25, 0.3) is 5.56 Å². The highest BCUT2D eigenvalue weighted by atomic mass is 127. The zero-order valence-corrected chi connectivity index (χ0v) is 28.3. The van der Waals surface area contributed by atoms with Crippen LogP contribution in [0.4, 0.5) is 13.2 Å². The van der Waals surface area contributed by atoms with Gasteiger partial charge in [-0.2, -0.15) is 18.4 Å². The number of rotatable bonds is 7. The van der Waals surface area contributed by atoms with Crippen molar-refractivity contribution >= 4 is 73.5 Å². The number of fused-ring (bicyclic) bond motifs is 1. The summed E-state index contributed by atoms with van der Waals surface area (Å²) in [5.74, 6) is -0.797. The summed E-state index contributed by atoms with van der Waals surface area (Å²) in [5.41, 5.74) is -0.885. The molecular weight excluding hydrogens is 810 g/mol. The van der Waals surface area contributed by atoms with Gasteiger partial charge < -0.3 is 9.47 Å². The first-order valence-electron chi connectivity index (χ1n) is 13.1. The van der Waals surface area contributed by atoms with Gasteiger partial charge in [0.1, 0.15) is 12.4 Å². The second-order valence-corrected chi connectivity index (χ2v) is 13.0. The van der Waals surface area contributed by atoms with Crippen LogP contribution in [0.2, 0.25) is 5.02 Å². The van der Waals surface area contributed by atoms with Crippen molar-refractivity contribution in [2.24, 2.45) is 4.99 Å². The number of hydrogen-bond donors (Lipinski definition) is 0. The second kappa shape index (κ2) is 13.5. The van der Waals surface area contributed by atoms with Crippen molar-refractivity contribution in [1.82, 2.24) is 4.57 Å². The lowest BCUT2D eigenvalue weighted by molar-refractivity contribution is -0.140. The molecule has 0 radical (unpaired) electrons. The molecule has 0 saturated heterocycles. The molecule has 1 aliphatic heterocycles. The van der Waals surface area contributed by atoms with Crippen LogP contribution in [0.25, 0.3) is 6.08 Å². The zero-order chi connectivity index (χ0) is 32.5. The van der Waals surface area contributed by atoms with Crippen LogP contribution >= 0.6 is 61.5 Å². The van der Waals surface area contributed by atoms with Gasteiger partial charge in [0.15, 0.2) is 10.5 Å². The first-order chi connectivity index (χ1) is 21.4. The van der Waals surface area contributed by atoms with Gasteiger partial charge in [-0.05, 0) is 83.1 Å². The molecular formula is C31H19BrClF3IN3O4S. The Morgan fingerprint density at radius 3 is 2.51 bits per heavy atom. The number of nitriles is 1. The molecule has 0 unspecified atom stereocenters. The minimum absolute atomic E-state index is 0.0662. The molecule has 0 N–H and O–H groups in total. The predicted octanol–water partition coefficient (Wildman–Crippen LogP) is 6.81. The number of carbonyl (C=O) groups is 1. The molecule has 0 saturated carbocycles. The third kappa shape index (κ3) is 7.04. The number of thiazole rings is 1. The van der Waals surface area contributed by atoms with Crippen molar-refractivity contribution in [3.63, 3.8) is 0 Å². The van der Waals surface area contributed by atoms with Crippen LogP contribution in [0.5, 0.6) is 5.75 Å². The van der Waals surface area contributed by atoms with E-state index in [0.717, 1.165) is 21.5 Å². The molecule has 1 aliphatic rings. The largest absolute Gasteiger partial charge is 0.487 e. The summed E-state index contributed by atoms with van der Waals surface area (Å²) in [7, 11) is 0. The van der Waals surface area contributed by atoms with E-state index in [1.807, 2.05) is 6.07 Å². The number of hydrogen-bond acceptors (Lipinski definition) is 7. The monoisotopic (exact) mass is 827 g/mol. The van der Waals surface area contributed by atoms with Crippen molar-refractivity contribution in [1.29, 1.82) is 5.26 Å². The molecule has 14 heteroatoms. The van der Waals surface area contributed by atoms with Crippen molar-refractivity contribution < 1.29 is 27.4 Å².